The van der Waals surface area contributed by atoms with Crippen molar-refractivity contribution in [3.63, 3.8) is 0 Å². The Morgan fingerprint density at radius 1 is 0.367 bits per heavy atom. The Morgan fingerprint density at radius 2 is 0.567 bits per heavy atom. The first-order valence-electron chi connectivity index (χ1n) is 9.36. The Hall–Kier alpha value is -3.20. The van der Waals surface area contributed by atoms with Crippen LogP contribution in [0.3, 0.4) is 0 Å². The third-order valence-corrected chi connectivity index (χ3v) is 6.82. The van der Waals surface area contributed by atoms with Crippen LogP contribution in [0.2, 0.25) is 0 Å². The van der Waals surface area contributed by atoms with E-state index in [9.17, 15) is 0 Å². The van der Waals surface area contributed by atoms with E-state index in [4.69, 9.17) is 29.3 Å². The summed E-state index contributed by atoms with van der Waals surface area (Å²) in [7, 11) is 0. The minimum absolute atomic E-state index is 0.452. The van der Waals surface area contributed by atoms with Crippen LogP contribution in [0, 0.1) is 0 Å². The van der Waals surface area contributed by atoms with Gasteiger partial charge in [0.15, 0.2) is 0 Å². The second-order valence-corrected chi connectivity index (χ2v) is 10.2. The van der Waals surface area contributed by atoms with Gasteiger partial charge in [0.2, 0.25) is 0 Å². The molecule has 152 valence electrons. The van der Waals surface area contributed by atoms with Gasteiger partial charge in [-0.05, 0) is 0 Å². The SMILES string of the molecule is ClP(Oc1ccccc1)(Oc1ccccc1)(Oc1ccccc1)Oc1ccccc1. The van der Waals surface area contributed by atoms with Gasteiger partial charge < -0.3 is 0 Å². The second-order valence-electron chi connectivity index (χ2n) is 6.34. The number of para-hydroxylation sites is 4. The van der Waals surface area contributed by atoms with Gasteiger partial charge in [0.05, 0.1) is 0 Å². The molecule has 0 saturated heterocycles. The van der Waals surface area contributed by atoms with Gasteiger partial charge in [0, 0.05) is 0 Å². The van der Waals surface area contributed by atoms with E-state index in [1.165, 1.54) is 0 Å². The van der Waals surface area contributed by atoms with Gasteiger partial charge in [-0.3, -0.25) is 0 Å². The molecule has 0 atom stereocenters. The van der Waals surface area contributed by atoms with E-state index in [1.807, 2.05) is 72.8 Å². The van der Waals surface area contributed by atoms with Crippen LogP contribution < -0.4 is 18.1 Å². The molecule has 0 heterocycles. The van der Waals surface area contributed by atoms with Gasteiger partial charge >= 0.3 is 181 Å². The van der Waals surface area contributed by atoms with Crippen molar-refractivity contribution in [1.29, 1.82) is 0 Å². The molecule has 0 fully saturated rings. The summed E-state index contributed by atoms with van der Waals surface area (Å²) < 4.78 is 24.9. The molecular formula is C24H20ClO4P. The molecule has 6 heteroatoms. The molecule has 4 rings (SSSR count). The molecule has 0 N–H and O–H groups in total. The van der Waals surface area contributed by atoms with Gasteiger partial charge in [-0.2, -0.15) is 0 Å². The fraction of sp³-hybridized carbons (Fsp3) is 0. The number of rotatable bonds is 8. The molecule has 4 aromatic carbocycles. The first kappa shape index (κ1) is 20.1. The van der Waals surface area contributed by atoms with Crippen molar-refractivity contribution in [1.82, 2.24) is 0 Å². The average Bonchev–Trinajstić information content (AvgIpc) is 2.76. The molecule has 30 heavy (non-hydrogen) atoms. The molecule has 0 aliphatic rings. The molecular weight excluding hydrogens is 419 g/mol. The minimum atomic E-state index is -4.79. The molecule has 0 spiro atoms. The average molecular weight is 439 g/mol. The maximum atomic E-state index is 7.18. The fourth-order valence-electron chi connectivity index (χ4n) is 2.71. The first-order chi connectivity index (χ1) is 14.6. The third-order valence-electron chi connectivity index (χ3n) is 3.98. The van der Waals surface area contributed by atoms with E-state index in [2.05, 4.69) is 0 Å². The van der Waals surface area contributed by atoms with Crippen LogP contribution in [-0.2, 0) is 0 Å². The van der Waals surface area contributed by atoms with Crippen molar-refractivity contribution in [3.8, 4) is 23.0 Å². The van der Waals surface area contributed by atoms with Crippen molar-refractivity contribution in [2.45, 2.75) is 0 Å². The molecule has 0 unspecified atom stereocenters. The quantitative estimate of drug-likeness (QED) is 0.264. The summed E-state index contributed by atoms with van der Waals surface area (Å²) in [6.45, 7) is -4.79. The molecule has 0 aliphatic heterocycles. The Morgan fingerprint density at radius 3 is 0.767 bits per heavy atom. The van der Waals surface area contributed by atoms with Crippen LogP contribution in [-0.4, -0.2) is 0 Å². The molecule has 0 saturated carbocycles. The predicted molar refractivity (Wildman–Crippen MR) is 121 cm³/mol. The summed E-state index contributed by atoms with van der Waals surface area (Å²) in [5, 5.41) is 0. The molecule has 4 aromatic rings. The summed E-state index contributed by atoms with van der Waals surface area (Å²) in [5.74, 6) is 1.81. The predicted octanol–water partition coefficient (Wildman–Crippen LogP) is 7.67. The van der Waals surface area contributed by atoms with Crippen molar-refractivity contribution in [2.24, 2.45) is 0 Å². The zero-order chi connectivity index (χ0) is 20.7. The summed E-state index contributed by atoms with van der Waals surface area (Å²) >= 11 is 7.18. The van der Waals surface area contributed by atoms with Crippen LogP contribution in [0.5, 0.6) is 23.0 Å². The van der Waals surface area contributed by atoms with Crippen molar-refractivity contribution in [3.05, 3.63) is 121 Å². The van der Waals surface area contributed by atoms with Crippen LogP contribution in [0.25, 0.3) is 0 Å². The summed E-state index contributed by atoms with van der Waals surface area (Å²) in [6.07, 6.45) is 0. The number of hydrogen-bond acceptors (Lipinski definition) is 4. The van der Waals surface area contributed by atoms with E-state index in [0.717, 1.165) is 0 Å². The second kappa shape index (κ2) is 8.66. The van der Waals surface area contributed by atoms with Gasteiger partial charge in [0.25, 0.3) is 0 Å². The van der Waals surface area contributed by atoms with Gasteiger partial charge in [-0.15, -0.1) is 0 Å². The summed E-state index contributed by atoms with van der Waals surface area (Å²) in [6, 6.07) is 36.3. The topological polar surface area (TPSA) is 36.9 Å². The molecule has 0 radical (unpaired) electrons. The Kier molecular flexibility index (Phi) is 5.80. The molecule has 0 aliphatic carbocycles. The van der Waals surface area contributed by atoms with Crippen molar-refractivity contribution in [2.75, 3.05) is 0 Å². The Labute approximate surface area is 180 Å². The molecule has 0 aromatic heterocycles. The Balaban J connectivity index is 1.83. The van der Waals surface area contributed by atoms with Crippen LogP contribution >= 0.6 is 18.1 Å². The zero-order valence-corrected chi connectivity index (χ0v) is 17.7. The van der Waals surface area contributed by atoms with Crippen molar-refractivity contribution >= 4 is 18.1 Å². The van der Waals surface area contributed by atoms with Crippen LogP contribution in [0.4, 0.5) is 0 Å². The van der Waals surface area contributed by atoms with E-state index in [1.54, 1.807) is 48.5 Å². The summed E-state index contributed by atoms with van der Waals surface area (Å²) in [4.78, 5) is 0. The third kappa shape index (κ3) is 5.04. The van der Waals surface area contributed by atoms with Crippen LogP contribution in [0.1, 0.15) is 0 Å². The van der Waals surface area contributed by atoms with Crippen LogP contribution in [0.15, 0.2) is 121 Å². The normalized spacial score (nSPS) is 12.2. The van der Waals surface area contributed by atoms with Gasteiger partial charge in [0.1, 0.15) is 0 Å². The van der Waals surface area contributed by atoms with E-state index >= 15 is 0 Å². The number of benzene rings is 4. The number of hydrogen-bond donors (Lipinski definition) is 0. The van der Waals surface area contributed by atoms with Crippen molar-refractivity contribution < 1.29 is 18.1 Å². The fourth-order valence-corrected chi connectivity index (χ4v) is 5.73. The maximum absolute atomic E-state index is 7.18. The van der Waals surface area contributed by atoms with Gasteiger partial charge in [-0.1, -0.05) is 0 Å². The van der Waals surface area contributed by atoms with E-state index in [-0.39, 0.29) is 0 Å². The monoisotopic (exact) mass is 438 g/mol. The molecule has 0 amide bonds. The first-order valence-corrected chi connectivity index (χ1v) is 12.2. The van der Waals surface area contributed by atoms with E-state index < -0.39 is 6.86 Å². The summed E-state index contributed by atoms with van der Waals surface area (Å²) in [5.41, 5.74) is 0. The zero-order valence-electron chi connectivity index (χ0n) is 16.0. The molecule has 4 nitrogen and oxygen atoms in total. The Bertz CT molecular complexity index is 886. The van der Waals surface area contributed by atoms with Gasteiger partial charge in [-0.25, -0.2) is 0 Å². The number of halogens is 1. The standard InChI is InChI=1S/C24H20ClO4P/c25-30(26-21-13-5-1-6-14-21,27-22-15-7-2-8-16-22,28-23-17-9-3-10-18-23)29-24-19-11-4-12-20-24/h1-20H. The molecule has 0 bridgehead atoms. The van der Waals surface area contributed by atoms with E-state index in [0.29, 0.717) is 23.0 Å².